The van der Waals surface area contributed by atoms with Crippen molar-refractivity contribution in [1.29, 1.82) is 0 Å². The lowest BCUT2D eigenvalue weighted by atomic mass is 9.89. The van der Waals surface area contributed by atoms with Crippen molar-refractivity contribution in [3.63, 3.8) is 0 Å². The summed E-state index contributed by atoms with van der Waals surface area (Å²) in [7, 11) is 0.528. The van der Waals surface area contributed by atoms with Gasteiger partial charge in [0.1, 0.15) is 16.2 Å². The van der Waals surface area contributed by atoms with E-state index in [2.05, 4.69) is 47.3 Å². The number of rotatable bonds is 7. The van der Waals surface area contributed by atoms with Crippen molar-refractivity contribution in [2.24, 2.45) is 9.50 Å². The molecule has 3 N–H and O–H groups in total. The minimum atomic E-state index is -3.41. The van der Waals surface area contributed by atoms with Gasteiger partial charge >= 0.3 is 6.03 Å². The SMILES string of the molecule is CC(C)c1cc(-c2cncnc2)cc(C(C)C)c1NC(=O)N=S(N)(=O)c1ccc(CN(C)C)cc1. The number of hydrogen-bond acceptors (Lipinski definition) is 5. The van der Waals surface area contributed by atoms with Gasteiger partial charge in [0, 0.05) is 30.2 Å². The average Bonchev–Trinajstić information content (AvgIpc) is 2.79. The maximum atomic E-state index is 13.1. The first kappa shape index (κ1) is 26.5. The van der Waals surface area contributed by atoms with Crippen LogP contribution in [0.3, 0.4) is 0 Å². The molecule has 2 aromatic carbocycles. The number of nitrogens with two attached hydrogens (primary N) is 1. The minimum Gasteiger partial charge on any atom is -0.305 e. The highest BCUT2D eigenvalue weighted by Gasteiger charge is 2.20. The first-order valence-corrected chi connectivity index (χ1v) is 13.1. The van der Waals surface area contributed by atoms with Crippen LogP contribution < -0.4 is 10.5 Å². The molecule has 1 atom stereocenters. The molecule has 3 rings (SSSR count). The summed E-state index contributed by atoms with van der Waals surface area (Å²) in [5, 5.41) is 8.90. The Morgan fingerprint density at radius 1 is 1.00 bits per heavy atom. The fourth-order valence-corrected chi connectivity index (χ4v) is 4.74. The molecule has 1 unspecified atom stereocenters. The van der Waals surface area contributed by atoms with Crippen LogP contribution in [-0.4, -0.2) is 39.2 Å². The van der Waals surface area contributed by atoms with E-state index in [-0.39, 0.29) is 11.8 Å². The zero-order valence-electron chi connectivity index (χ0n) is 21.1. The zero-order valence-corrected chi connectivity index (χ0v) is 22.0. The van der Waals surface area contributed by atoms with Gasteiger partial charge in [0.2, 0.25) is 0 Å². The Hall–Kier alpha value is -3.14. The fraction of sp³-hybridized carbons (Fsp3) is 0.346. The quantitative estimate of drug-likeness (QED) is 0.457. The molecule has 0 radical (unpaired) electrons. The molecule has 8 nitrogen and oxygen atoms in total. The van der Waals surface area contributed by atoms with Crippen LogP contribution in [0.5, 0.6) is 0 Å². The maximum Gasteiger partial charge on any atom is 0.354 e. The highest BCUT2D eigenvalue weighted by Crippen LogP contribution is 2.37. The molecule has 0 fully saturated rings. The molecule has 0 aliphatic heterocycles. The third-order valence-corrected chi connectivity index (χ3v) is 6.93. The highest BCUT2D eigenvalue weighted by molar-refractivity contribution is 7.91. The second-order valence-corrected chi connectivity index (χ2v) is 11.2. The summed E-state index contributed by atoms with van der Waals surface area (Å²) in [5.41, 5.74) is 5.45. The van der Waals surface area contributed by atoms with Crippen molar-refractivity contribution < 1.29 is 9.00 Å². The summed E-state index contributed by atoms with van der Waals surface area (Å²) in [5.74, 6) is 0.220. The van der Waals surface area contributed by atoms with E-state index >= 15 is 0 Å². The Kier molecular flexibility index (Phi) is 8.37. The molecule has 9 heteroatoms. The van der Waals surface area contributed by atoms with Crippen molar-refractivity contribution >= 4 is 21.6 Å². The van der Waals surface area contributed by atoms with Crippen molar-refractivity contribution in [2.75, 3.05) is 19.4 Å². The van der Waals surface area contributed by atoms with E-state index in [0.29, 0.717) is 10.6 Å². The number of amides is 2. The van der Waals surface area contributed by atoms with Crippen molar-refractivity contribution in [1.82, 2.24) is 14.9 Å². The van der Waals surface area contributed by atoms with Crippen LogP contribution in [0.1, 0.15) is 56.2 Å². The number of urea groups is 1. The van der Waals surface area contributed by atoms with Gasteiger partial charge in [0.15, 0.2) is 0 Å². The molecular formula is C26H34N6O2S. The molecule has 0 aliphatic carbocycles. The Morgan fingerprint density at radius 2 is 1.54 bits per heavy atom. The maximum absolute atomic E-state index is 13.1. The van der Waals surface area contributed by atoms with E-state index < -0.39 is 15.9 Å². The first-order chi connectivity index (χ1) is 16.5. The largest absolute Gasteiger partial charge is 0.354 e. The lowest BCUT2D eigenvalue weighted by molar-refractivity contribution is 0.260. The van der Waals surface area contributed by atoms with Crippen LogP contribution in [0.25, 0.3) is 11.1 Å². The lowest BCUT2D eigenvalue weighted by Crippen LogP contribution is -2.19. The number of nitrogens with zero attached hydrogens (tertiary/aromatic N) is 4. The van der Waals surface area contributed by atoms with Gasteiger partial charge in [-0.05, 0) is 72.5 Å². The molecule has 35 heavy (non-hydrogen) atoms. The highest BCUT2D eigenvalue weighted by atomic mass is 32.2. The zero-order chi connectivity index (χ0) is 25.8. The van der Waals surface area contributed by atoms with E-state index in [0.717, 1.165) is 34.4 Å². The van der Waals surface area contributed by atoms with Gasteiger partial charge in [-0.1, -0.05) is 39.8 Å². The van der Waals surface area contributed by atoms with Crippen molar-refractivity contribution in [3.05, 3.63) is 71.8 Å². The third-order valence-electron chi connectivity index (χ3n) is 5.55. The molecular weight excluding hydrogens is 460 g/mol. The van der Waals surface area contributed by atoms with Crippen LogP contribution in [-0.2, 0) is 16.5 Å². The normalized spacial score (nSPS) is 13.2. The van der Waals surface area contributed by atoms with Crippen molar-refractivity contribution in [3.8, 4) is 11.1 Å². The molecule has 0 aliphatic rings. The number of nitrogens with one attached hydrogen (secondary N) is 1. The number of hydrogen-bond donors (Lipinski definition) is 2. The van der Waals surface area contributed by atoms with E-state index in [9.17, 15) is 9.00 Å². The summed E-state index contributed by atoms with van der Waals surface area (Å²) in [4.78, 5) is 23.5. The van der Waals surface area contributed by atoms with Gasteiger partial charge in [-0.2, -0.15) is 0 Å². The number of anilines is 1. The molecule has 0 spiro atoms. The van der Waals surface area contributed by atoms with Gasteiger partial charge in [0.25, 0.3) is 0 Å². The predicted molar refractivity (Wildman–Crippen MR) is 142 cm³/mol. The van der Waals surface area contributed by atoms with Gasteiger partial charge in [-0.3, -0.25) is 0 Å². The molecule has 1 heterocycles. The monoisotopic (exact) mass is 494 g/mol. The predicted octanol–water partition coefficient (Wildman–Crippen LogP) is 5.38. The summed E-state index contributed by atoms with van der Waals surface area (Å²) in [6.45, 7) is 8.96. The Morgan fingerprint density at radius 3 is 2.03 bits per heavy atom. The van der Waals surface area contributed by atoms with E-state index in [1.54, 1.807) is 24.5 Å². The standard InChI is InChI=1S/C26H34N6O2S/c1-17(2)23-11-20(21-13-28-16-29-14-21)12-24(18(3)4)25(23)30-26(33)31-35(27,34)22-9-7-19(8-10-22)15-32(5)6/h7-14,16-18H,15H2,1-6H3,(H3,27,30,31,33,34). The van der Waals surface area contributed by atoms with Gasteiger partial charge < -0.3 is 10.2 Å². The van der Waals surface area contributed by atoms with Gasteiger partial charge in [-0.15, -0.1) is 4.36 Å². The molecule has 0 saturated carbocycles. The van der Waals surface area contributed by atoms with Crippen LogP contribution in [0.15, 0.2) is 64.4 Å². The Bertz CT molecular complexity index is 1270. The van der Waals surface area contributed by atoms with Crippen LogP contribution in [0.4, 0.5) is 10.5 Å². The Labute approximate surface area is 208 Å². The number of carbonyl (C=O) groups excluding carboxylic acids is 1. The third kappa shape index (κ3) is 6.72. The average molecular weight is 495 g/mol. The second-order valence-electron chi connectivity index (χ2n) is 9.44. The van der Waals surface area contributed by atoms with E-state index in [1.807, 2.05) is 43.3 Å². The molecule has 0 bridgehead atoms. The fourth-order valence-electron chi connectivity index (χ4n) is 3.82. The summed E-state index contributed by atoms with van der Waals surface area (Å²) in [6.07, 6.45) is 5.02. The second kappa shape index (κ2) is 11.1. The van der Waals surface area contributed by atoms with E-state index in [1.165, 1.54) is 6.33 Å². The Balaban J connectivity index is 1.98. The topological polar surface area (TPSA) is 114 Å². The summed E-state index contributed by atoms with van der Waals surface area (Å²) in [6, 6.07) is 10.3. The van der Waals surface area contributed by atoms with E-state index in [4.69, 9.17) is 5.14 Å². The van der Waals surface area contributed by atoms with Crippen LogP contribution in [0, 0.1) is 0 Å². The van der Waals surface area contributed by atoms with Crippen LogP contribution in [0.2, 0.25) is 0 Å². The van der Waals surface area contributed by atoms with Gasteiger partial charge in [-0.25, -0.2) is 24.1 Å². The first-order valence-electron chi connectivity index (χ1n) is 11.5. The molecule has 0 saturated heterocycles. The molecule has 1 aromatic heterocycles. The lowest BCUT2D eigenvalue weighted by Gasteiger charge is -2.21. The smallest absolute Gasteiger partial charge is 0.305 e. The van der Waals surface area contributed by atoms with Crippen LogP contribution >= 0.6 is 0 Å². The molecule has 3 aromatic rings. The number of aromatic nitrogens is 2. The summed E-state index contributed by atoms with van der Waals surface area (Å²) < 4.78 is 17.0. The van der Waals surface area contributed by atoms with Crippen molar-refractivity contribution in [2.45, 2.75) is 51.0 Å². The number of benzene rings is 2. The number of carbonyl (C=O) groups is 1. The molecule has 186 valence electrons. The minimum absolute atomic E-state index is 0.110. The van der Waals surface area contributed by atoms with Gasteiger partial charge in [0.05, 0.1) is 4.90 Å². The molecule has 2 amide bonds. The summed E-state index contributed by atoms with van der Waals surface area (Å²) >= 11 is 0.